The van der Waals surface area contributed by atoms with Gasteiger partial charge in [0.05, 0.1) is 8.07 Å². The molecule has 1 nitrogen and oxygen atoms in total. The molecule has 74 valence electrons. The van der Waals surface area contributed by atoms with Crippen molar-refractivity contribution in [2.45, 2.75) is 31.5 Å². The Balaban J connectivity index is 2.20. The Morgan fingerprint density at radius 3 is 2.21 bits per heavy atom. The van der Waals surface area contributed by atoms with Gasteiger partial charge in [0.1, 0.15) is 5.78 Å². The maximum atomic E-state index is 11.0. The van der Waals surface area contributed by atoms with Crippen LogP contribution in [0.2, 0.25) is 18.6 Å². The zero-order valence-electron chi connectivity index (χ0n) is 8.79. The van der Waals surface area contributed by atoms with Crippen LogP contribution in [0.1, 0.15) is 12.8 Å². The van der Waals surface area contributed by atoms with E-state index in [0.717, 1.165) is 12.8 Å². The van der Waals surface area contributed by atoms with Gasteiger partial charge in [-0.1, -0.05) is 48.6 Å². The SMILES string of the molecule is C[Si](C)(c1ccccc1)C1CC(=O)C1. The highest BCUT2D eigenvalue weighted by Crippen LogP contribution is 2.37. The Bertz CT molecular complexity index is 335. The molecule has 1 aromatic carbocycles. The van der Waals surface area contributed by atoms with Gasteiger partial charge in [-0.25, -0.2) is 0 Å². The highest BCUT2D eigenvalue weighted by atomic mass is 28.3. The lowest BCUT2D eigenvalue weighted by Crippen LogP contribution is -2.50. The number of ketones is 1. The summed E-state index contributed by atoms with van der Waals surface area (Å²) in [5.74, 6) is 0.450. The van der Waals surface area contributed by atoms with Gasteiger partial charge in [0, 0.05) is 12.8 Å². The monoisotopic (exact) mass is 204 g/mol. The summed E-state index contributed by atoms with van der Waals surface area (Å²) in [6.45, 7) is 4.75. The van der Waals surface area contributed by atoms with Gasteiger partial charge in [0.15, 0.2) is 0 Å². The standard InChI is InChI=1S/C12H16OSi/c1-14(2,12-8-10(13)9-12)11-6-4-3-5-7-11/h3-7,12H,8-9H2,1-2H3. The van der Waals surface area contributed by atoms with Gasteiger partial charge in [0.25, 0.3) is 0 Å². The summed E-state index contributed by atoms with van der Waals surface area (Å²) in [5, 5.41) is 1.48. The molecule has 1 aliphatic carbocycles. The minimum absolute atomic E-state index is 0.450. The molecule has 1 saturated carbocycles. The molecule has 0 N–H and O–H groups in total. The third kappa shape index (κ3) is 1.54. The maximum Gasteiger partial charge on any atom is 0.132 e. The fraction of sp³-hybridized carbons (Fsp3) is 0.417. The minimum Gasteiger partial charge on any atom is -0.300 e. The Morgan fingerprint density at radius 1 is 1.14 bits per heavy atom. The lowest BCUT2D eigenvalue weighted by atomic mass is 9.98. The minimum atomic E-state index is -1.36. The molecular formula is C12H16OSi. The molecule has 1 aliphatic rings. The van der Waals surface area contributed by atoms with Crippen molar-refractivity contribution in [2.75, 3.05) is 0 Å². The molecule has 2 heteroatoms. The molecule has 0 unspecified atom stereocenters. The van der Waals surface area contributed by atoms with Gasteiger partial charge in [-0.2, -0.15) is 0 Å². The number of carbonyl (C=O) groups is 1. The highest BCUT2D eigenvalue weighted by molar-refractivity contribution is 6.91. The van der Waals surface area contributed by atoms with Crippen LogP contribution in [0.15, 0.2) is 30.3 Å². The average Bonchev–Trinajstić information content (AvgIpc) is 2.14. The number of hydrogen-bond donors (Lipinski definition) is 0. The first kappa shape index (κ1) is 9.65. The van der Waals surface area contributed by atoms with Crippen LogP contribution in [0, 0.1) is 0 Å². The van der Waals surface area contributed by atoms with Crippen LogP contribution in [0.4, 0.5) is 0 Å². The van der Waals surface area contributed by atoms with Crippen LogP contribution in [0.5, 0.6) is 0 Å². The molecule has 0 saturated heterocycles. The Kier molecular flexibility index (Phi) is 2.31. The maximum absolute atomic E-state index is 11.0. The first-order chi connectivity index (χ1) is 6.60. The molecule has 0 radical (unpaired) electrons. The lowest BCUT2D eigenvalue weighted by molar-refractivity contribution is -0.123. The fourth-order valence-corrected chi connectivity index (χ4v) is 5.10. The molecule has 1 aromatic rings. The molecule has 2 rings (SSSR count). The van der Waals surface area contributed by atoms with E-state index in [1.54, 1.807) is 0 Å². The quantitative estimate of drug-likeness (QED) is 0.676. The second-order valence-corrected chi connectivity index (χ2v) is 9.57. The second-order valence-electron chi connectivity index (χ2n) is 4.73. The fourth-order valence-electron chi connectivity index (χ4n) is 2.10. The second kappa shape index (κ2) is 3.35. The van der Waals surface area contributed by atoms with E-state index in [-0.39, 0.29) is 0 Å². The van der Waals surface area contributed by atoms with Crippen molar-refractivity contribution < 1.29 is 4.79 Å². The molecule has 0 aliphatic heterocycles. The van der Waals surface area contributed by atoms with Gasteiger partial charge in [-0.15, -0.1) is 0 Å². The molecule has 0 atom stereocenters. The van der Waals surface area contributed by atoms with Crippen LogP contribution in [0.25, 0.3) is 0 Å². The predicted molar refractivity (Wildman–Crippen MR) is 61.5 cm³/mol. The van der Waals surface area contributed by atoms with E-state index in [4.69, 9.17) is 0 Å². The molecule has 0 spiro atoms. The number of hydrogen-bond acceptors (Lipinski definition) is 1. The van der Waals surface area contributed by atoms with Crippen LogP contribution >= 0.6 is 0 Å². The number of Topliss-reactive ketones (excluding diaryl/α,β-unsaturated/α-hetero) is 1. The first-order valence-electron chi connectivity index (χ1n) is 5.18. The summed E-state index contributed by atoms with van der Waals surface area (Å²) in [5.41, 5.74) is 0.678. The summed E-state index contributed by atoms with van der Waals surface area (Å²) < 4.78 is 0. The average molecular weight is 204 g/mol. The summed E-state index contributed by atoms with van der Waals surface area (Å²) in [6.07, 6.45) is 1.65. The number of benzene rings is 1. The van der Waals surface area contributed by atoms with Crippen LogP contribution in [-0.2, 0) is 4.79 Å². The molecule has 0 aromatic heterocycles. The first-order valence-corrected chi connectivity index (χ1v) is 8.25. The largest absolute Gasteiger partial charge is 0.300 e. The molecule has 14 heavy (non-hydrogen) atoms. The van der Waals surface area contributed by atoms with Crippen molar-refractivity contribution in [3.05, 3.63) is 30.3 Å². The molecule has 1 fully saturated rings. The molecule has 0 amide bonds. The van der Waals surface area contributed by atoms with E-state index in [0.29, 0.717) is 11.3 Å². The van der Waals surface area contributed by atoms with Crippen LogP contribution in [-0.4, -0.2) is 13.9 Å². The van der Waals surface area contributed by atoms with Crippen molar-refractivity contribution in [3.63, 3.8) is 0 Å². The van der Waals surface area contributed by atoms with E-state index in [9.17, 15) is 4.79 Å². The van der Waals surface area contributed by atoms with E-state index in [2.05, 4.69) is 43.4 Å². The van der Waals surface area contributed by atoms with Crippen LogP contribution in [0.3, 0.4) is 0 Å². The third-order valence-corrected chi connectivity index (χ3v) is 7.76. The Morgan fingerprint density at radius 2 is 1.71 bits per heavy atom. The van der Waals surface area contributed by atoms with E-state index >= 15 is 0 Å². The molecule has 0 bridgehead atoms. The number of rotatable bonds is 2. The van der Waals surface area contributed by atoms with Crippen molar-refractivity contribution in [2.24, 2.45) is 0 Å². The summed E-state index contributed by atoms with van der Waals surface area (Å²) in [6, 6.07) is 10.7. The van der Waals surface area contributed by atoms with Crippen molar-refractivity contribution in [1.82, 2.24) is 0 Å². The summed E-state index contributed by atoms with van der Waals surface area (Å²) in [7, 11) is -1.36. The number of carbonyl (C=O) groups excluding carboxylic acids is 1. The molecular weight excluding hydrogens is 188 g/mol. The highest BCUT2D eigenvalue weighted by Gasteiger charge is 2.41. The van der Waals surface area contributed by atoms with Gasteiger partial charge in [0.2, 0.25) is 0 Å². The normalized spacial score (nSPS) is 18.0. The lowest BCUT2D eigenvalue weighted by Gasteiger charge is -2.38. The smallest absolute Gasteiger partial charge is 0.132 e. The van der Waals surface area contributed by atoms with Gasteiger partial charge in [-0.05, 0) is 5.54 Å². The summed E-state index contributed by atoms with van der Waals surface area (Å²) >= 11 is 0. The topological polar surface area (TPSA) is 17.1 Å². The van der Waals surface area contributed by atoms with Crippen molar-refractivity contribution in [3.8, 4) is 0 Å². The van der Waals surface area contributed by atoms with Crippen molar-refractivity contribution in [1.29, 1.82) is 0 Å². The van der Waals surface area contributed by atoms with Gasteiger partial charge in [-0.3, -0.25) is 4.79 Å². The van der Waals surface area contributed by atoms with Gasteiger partial charge >= 0.3 is 0 Å². The Hall–Kier alpha value is -0.893. The Labute approximate surface area is 86.2 Å². The zero-order chi connectivity index (χ0) is 10.2. The van der Waals surface area contributed by atoms with Crippen LogP contribution < -0.4 is 5.19 Å². The zero-order valence-corrected chi connectivity index (χ0v) is 9.79. The van der Waals surface area contributed by atoms with E-state index < -0.39 is 8.07 Å². The van der Waals surface area contributed by atoms with E-state index in [1.165, 1.54) is 5.19 Å². The molecule has 0 heterocycles. The third-order valence-electron chi connectivity index (χ3n) is 3.49. The van der Waals surface area contributed by atoms with Gasteiger partial charge < -0.3 is 0 Å². The van der Waals surface area contributed by atoms with Crippen molar-refractivity contribution >= 4 is 19.0 Å². The van der Waals surface area contributed by atoms with E-state index in [1.807, 2.05) is 0 Å². The predicted octanol–water partition coefficient (Wildman–Crippen LogP) is 2.34. The summed E-state index contributed by atoms with van der Waals surface area (Å²) in [4.78, 5) is 11.0.